The molecule has 0 atom stereocenters. The van der Waals surface area contributed by atoms with E-state index in [9.17, 15) is 13.6 Å². The molecule has 0 aliphatic heterocycles. The van der Waals surface area contributed by atoms with Gasteiger partial charge in [0.25, 0.3) is 0 Å². The Bertz CT molecular complexity index is 1230. The third-order valence-electron chi connectivity index (χ3n) is 5.17. The molecular formula is C24H21F2NO4. The van der Waals surface area contributed by atoms with Crippen LogP contribution in [0.4, 0.5) is 8.78 Å². The van der Waals surface area contributed by atoms with Crippen molar-refractivity contribution < 1.29 is 27.5 Å². The van der Waals surface area contributed by atoms with Crippen LogP contribution in [0.15, 0.2) is 65.3 Å². The number of ether oxygens (including phenoxy) is 2. The Morgan fingerprint density at radius 3 is 2.68 bits per heavy atom. The lowest BCUT2D eigenvalue weighted by Crippen LogP contribution is -2.27. The summed E-state index contributed by atoms with van der Waals surface area (Å²) in [4.78, 5) is 14.4. The molecule has 0 radical (unpaired) electrons. The van der Waals surface area contributed by atoms with Gasteiger partial charge in [0.1, 0.15) is 5.58 Å². The summed E-state index contributed by atoms with van der Waals surface area (Å²) in [5.74, 6) is 0.0145. The number of nitrogens with zero attached hydrogens (tertiary/aromatic N) is 1. The lowest BCUT2D eigenvalue weighted by atomic mass is 10.0. The van der Waals surface area contributed by atoms with E-state index in [1.807, 2.05) is 36.4 Å². The maximum atomic E-state index is 12.9. The second-order valence-corrected chi connectivity index (χ2v) is 7.21. The number of hydrogen-bond acceptors (Lipinski definition) is 4. The van der Waals surface area contributed by atoms with Crippen molar-refractivity contribution in [2.24, 2.45) is 0 Å². The van der Waals surface area contributed by atoms with Gasteiger partial charge in [-0.15, -0.1) is 0 Å². The van der Waals surface area contributed by atoms with Crippen molar-refractivity contribution in [1.82, 2.24) is 4.90 Å². The van der Waals surface area contributed by atoms with Crippen LogP contribution in [0, 0.1) is 0 Å². The molecule has 160 valence electrons. The first-order valence-electron chi connectivity index (χ1n) is 9.70. The van der Waals surface area contributed by atoms with Gasteiger partial charge in [0.2, 0.25) is 5.91 Å². The van der Waals surface area contributed by atoms with Crippen molar-refractivity contribution >= 4 is 27.6 Å². The molecule has 0 fully saturated rings. The minimum atomic E-state index is -2.97. The lowest BCUT2D eigenvalue weighted by Gasteiger charge is -2.18. The van der Waals surface area contributed by atoms with Gasteiger partial charge in [-0.2, -0.15) is 8.78 Å². The summed E-state index contributed by atoms with van der Waals surface area (Å²) in [7, 11) is 3.04. The molecule has 31 heavy (non-hydrogen) atoms. The van der Waals surface area contributed by atoms with Gasteiger partial charge in [-0.3, -0.25) is 4.79 Å². The number of rotatable bonds is 7. The maximum Gasteiger partial charge on any atom is 0.387 e. The SMILES string of the molecule is COc1ccc(CN(C)C(=O)Cc2coc3ccc4ccccc4c23)cc1OC(F)F. The number of fused-ring (bicyclic) bond motifs is 3. The number of amides is 1. The summed E-state index contributed by atoms with van der Waals surface area (Å²) in [6, 6.07) is 16.5. The molecule has 7 heteroatoms. The van der Waals surface area contributed by atoms with E-state index in [4.69, 9.17) is 9.15 Å². The van der Waals surface area contributed by atoms with Crippen LogP contribution in [-0.2, 0) is 17.8 Å². The first kappa shape index (κ1) is 20.7. The quantitative estimate of drug-likeness (QED) is 0.398. The number of carbonyl (C=O) groups excluding carboxylic acids is 1. The first-order chi connectivity index (χ1) is 15.0. The third-order valence-corrected chi connectivity index (χ3v) is 5.17. The highest BCUT2D eigenvalue weighted by Gasteiger charge is 2.17. The Balaban J connectivity index is 1.54. The van der Waals surface area contributed by atoms with Gasteiger partial charge in [-0.05, 0) is 34.5 Å². The molecule has 0 N–H and O–H groups in total. The van der Waals surface area contributed by atoms with Gasteiger partial charge in [0.15, 0.2) is 11.5 Å². The molecule has 4 rings (SSSR count). The summed E-state index contributed by atoms with van der Waals surface area (Å²) in [6.45, 7) is -2.73. The monoisotopic (exact) mass is 425 g/mol. The highest BCUT2D eigenvalue weighted by Crippen LogP contribution is 2.31. The Labute approximate surface area is 177 Å². The largest absolute Gasteiger partial charge is 0.493 e. The van der Waals surface area contributed by atoms with Crippen LogP contribution in [0.1, 0.15) is 11.1 Å². The van der Waals surface area contributed by atoms with Gasteiger partial charge in [-0.25, -0.2) is 0 Å². The summed E-state index contributed by atoms with van der Waals surface area (Å²) in [6.07, 6.45) is 1.78. The van der Waals surface area contributed by atoms with E-state index in [1.54, 1.807) is 25.4 Å². The van der Waals surface area contributed by atoms with E-state index in [0.717, 1.165) is 27.3 Å². The molecule has 4 aromatic rings. The van der Waals surface area contributed by atoms with Gasteiger partial charge >= 0.3 is 6.61 Å². The molecule has 0 bridgehead atoms. The maximum absolute atomic E-state index is 12.9. The number of halogens is 2. The van der Waals surface area contributed by atoms with Crippen LogP contribution < -0.4 is 9.47 Å². The van der Waals surface area contributed by atoms with E-state index >= 15 is 0 Å². The van der Waals surface area contributed by atoms with Crippen LogP contribution in [0.25, 0.3) is 21.7 Å². The second-order valence-electron chi connectivity index (χ2n) is 7.21. The molecule has 0 aliphatic carbocycles. The van der Waals surface area contributed by atoms with Gasteiger partial charge in [-0.1, -0.05) is 36.4 Å². The van der Waals surface area contributed by atoms with Crippen LogP contribution in [0.5, 0.6) is 11.5 Å². The highest BCUT2D eigenvalue weighted by atomic mass is 19.3. The first-order valence-corrected chi connectivity index (χ1v) is 9.70. The lowest BCUT2D eigenvalue weighted by molar-refractivity contribution is -0.129. The second kappa shape index (κ2) is 8.63. The molecule has 0 unspecified atom stereocenters. The van der Waals surface area contributed by atoms with E-state index in [2.05, 4.69) is 4.74 Å². The molecule has 5 nitrogen and oxygen atoms in total. The fourth-order valence-corrected chi connectivity index (χ4v) is 3.67. The van der Waals surface area contributed by atoms with Crippen molar-refractivity contribution in [2.45, 2.75) is 19.6 Å². The molecule has 1 heterocycles. The fraction of sp³-hybridized carbons (Fsp3) is 0.208. The predicted molar refractivity (Wildman–Crippen MR) is 114 cm³/mol. The summed E-state index contributed by atoms with van der Waals surface area (Å²) >= 11 is 0. The van der Waals surface area contributed by atoms with Crippen molar-refractivity contribution in [3.05, 3.63) is 72.0 Å². The molecule has 3 aromatic carbocycles. The predicted octanol–water partition coefficient (Wildman–Crippen LogP) is 5.40. The number of likely N-dealkylation sites (N-methyl/N-ethyl adjacent to an activating group) is 1. The highest BCUT2D eigenvalue weighted by molar-refractivity contribution is 6.08. The normalized spacial score (nSPS) is 11.3. The van der Waals surface area contributed by atoms with Crippen molar-refractivity contribution in [1.29, 1.82) is 0 Å². The van der Waals surface area contributed by atoms with Crippen molar-refractivity contribution in [2.75, 3.05) is 14.2 Å². The standard InChI is InChI=1S/C24H21F2NO4/c1-27(13-15-7-9-19(29-2)21(11-15)31-24(25)26)22(28)12-17-14-30-20-10-8-16-5-3-4-6-18(16)23(17)20/h3-11,14,24H,12-13H2,1-2H3. The van der Waals surface area contributed by atoms with Crippen LogP contribution >= 0.6 is 0 Å². The number of alkyl halides is 2. The van der Waals surface area contributed by atoms with Gasteiger partial charge in [0.05, 0.1) is 19.8 Å². The molecule has 1 aromatic heterocycles. The molecular weight excluding hydrogens is 404 g/mol. The Morgan fingerprint density at radius 1 is 1.10 bits per heavy atom. The molecule has 0 saturated carbocycles. The number of benzene rings is 3. The minimum absolute atomic E-state index is 0.0665. The zero-order valence-electron chi connectivity index (χ0n) is 17.1. The number of methoxy groups -OCH3 is 1. The molecule has 0 spiro atoms. The third kappa shape index (κ3) is 4.30. The smallest absolute Gasteiger partial charge is 0.387 e. The van der Waals surface area contributed by atoms with E-state index < -0.39 is 6.61 Å². The van der Waals surface area contributed by atoms with Crippen molar-refractivity contribution in [3.63, 3.8) is 0 Å². The minimum Gasteiger partial charge on any atom is -0.493 e. The Kier molecular flexibility index (Phi) is 5.75. The van der Waals surface area contributed by atoms with E-state index in [1.165, 1.54) is 18.1 Å². The number of carbonyl (C=O) groups is 1. The summed E-state index contributed by atoms with van der Waals surface area (Å²) < 4.78 is 40.5. The molecule has 0 aliphatic rings. The Morgan fingerprint density at radius 2 is 1.90 bits per heavy atom. The van der Waals surface area contributed by atoms with Crippen LogP contribution in [0.3, 0.4) is 0 Å². The summed E-state index contributed by atoms with van der Waals surface area (Å²) in [5.41, 5.74) is 2.18. The summed E-state index contributed by atoms with van der Waals surface area (Å²) in [5, 5.41) is 3.03. The average molecular weight is 425 g/mol. The van der Waals surface area contributed by atoms with Gasteiger partial charge in [0, 0.05) is 24.5 Å². The van der Waals surface area contributed by atoms with Crippen LogP contribution in [-0.4, -0.2) is 31.6 Å². The van der Waals surface area contributed by atoms with Gasteiger partial charge < -0.3 is 18.8 Å². The average Bonchev–Trinajstić information content (AvgIpc) is 3.16. The number of furan rings is 1. The molecule has 1 amide bonds. The zero-order valence-corrected chi connectivity index (χ0v) is 17.1. The van der Waals surface area contributed by atoms with Crippen LogP contribution in [0.2, 0.25) is 0 Å². The topological polar surface area (TPSA) is 51.9 Å². The zero-order chi connectivity index (χ0) is 22.0. The van der Waals surface area contributed by atoms with Crippen molar-refractivity contribution in [3.8, 4) is 11.5 Å². The fourth-order valence-electron chi connectivity index (χ4n) is 3.67. The molecule has 0 saturated heterocycles. The number of hydrogen-bond donors (Lipinski definition) is 0. The van der Waals surface area contributed by atoms with E-state index in [-0.39, 0.29) is 30.4 Å². The van der Waals surface area contributed by atoms with E-state index in [0.29, 0.717) is 5.56 Å². The Hall–Kier alpha value is -3.61.